The lowest BCUT2D eigenvalue weighted by molar-refractivity contribution is -0.127. The van der Waals surface area contributed by atoms with Crippen molar-refractivity contribution in [3.63, 3.8) is 0 Å². The Morgan fingerprint density at radius 1 is 1.23 bits per heavy atom. The van der Waals surface area contributed by atoms with Crippen molar-refractivity contribution in [2.75, 3.05) is 37.6 Å². The first-order chi connectivity index (χ1) is 14.6. The van der Waals surface area contributed by atoms with E-state index in [4.69, 9.17) is 4.52 Å². The van der Waals surface area contributed by atoms with Gasteiger partial charge in [-0.25, -0.2) is 0 Å². The smallest absolute Gasteiger partial charge is 0.324 e. The predicted octanol–water partition coefficient (Wildman–Crippen LogP) is 2.39. The normalized spacial score (nSPS) is 17.6. The van der Waals surface area contributed by atoms with Gasteiger partial charge in [0.25, 0.3) is 0 Å². The summed E-state index contributed by atoms with van der Waals surface area (Å²) in [5, 5.41) is 7.16. The van der Waals surface area contributed by atoms with E-state index >= 15 is 0 Å². The summed E-state index contributed by atoms with van der Waals surface area (Å²) in [7, 11) is 0. The molecule has 1 N–H and O–H groups in total. The molecule has 2 aliphatic rings. The molecular weight excluding hydrogens is 382 g/mol. The van der Waals surface area contributed by atoms with Crippen LogP contribution in [0.4, 0.5) is 6.01 Å². The van der Waals surface area contributed by atoms with Crippen LogP contribution < -0.4 is 10.2 Å². The fourth-order valence-electron chi connectivity index (χ4n) is 4.18. The molecule has 1 aromatic heterocycles. The standard InChI is InChI=1S/C22H29N5O3/c1-16-6-2-3-7-18(16)20-24-22(30-25-20)27-14-9-17(10-15-27)21(29)23-11-5-13-26-12-4-8-19(26)28/h2-3,6-7,17H,4-5,8-15H2,1H3,(H,23,29). The van der Waals surface area contributed by atoms with Gasteiger partial charge in [-0.05, 0) is 38.2 Å². The number of aromatic nitrogens is 2. The van der Waals surface area contributed by atoms with E-state index in [-0.39, 0.29) is 17.7 Å². The van der Waals surface area contributed by atoms with E-state index < -0.39 is 0 Å². The summed E-state index contributed by atoms with van der Waals surface area (Å²) in [6.45, 7) is 5.67. The molecule has 8 heteroatoms. The number of rotatable bonds is 7. The Hall–Kier alpha value is -2.90. The molecular formula is C22H29N5O3. The van der Waals surface area contributed by atoms with Crippen molar-refractivity contribution in [2.24, 2.45) is 5.92 Å². The van der Waals surface area contributed by atoms with E-state index in [1.54, 1.807) is 0 Å². The fraction of sp³-hybridized carbons (Fsp3) is 0.545. The Labute approximate surface area is 176 Å². The fourth-order valence-corrected chi connectivity index (χ4v) is 4.18. The van der Waals surface area contributed by atoms with Gasteiger partial charge in [0.2, 0.25) is 17.6 Å². The lowest BCUT2D eigenvalue weighted by Gasteiger charge is -2.29. The van der Waals surface area contributed by atoms with Crippen molar-refractivity contribution in [3.8, 4) is 11.4 Å². The topological polar surface area (TPSA) is 91.6 Å². The largest absolute Gasteiger partial charge is 0.356 e. The lowest BCUT2D eigenvalue weighted by Crippen LogP contribution is -2.41. The maximum atomic E-state index is 12.5. The monoisotopic (exact) mass is 411 g/mol. The number of hydrogen-bond donors (Lipinski definition) is 1. The van der Waals surface area contributed by atoms with Gasteiger partial charge in [-0.3, -0.25) is 9.59 Å². The highest BCUT2D eigenvalue weighted by Gasteiger charge is 2.27. The van der Waals surface area contributed by atoms with Crippen LogP contribution in [0.5, 0.6) is 0 Å². The van der Waals surface area contributed by atoms with Crippen molar-refractivity contribution in [3.05, 3.63) is 29.8 Å². The zero-order chi connectivity index (χ0) is 20.9. The zero-order valence-electron chi connectivity index (χ0n) is 17.5. The van der Waals surface area contributed by atoms with Crippen molar-refractivity contribution in [2.45, 2.75) is 39.0 Å². The van der Waals surface area contributed by atoms with Gasteiger partial charge < -0.3 is 19.6 Å². The highest BCUT2D eigenvalue weighted by atomic mass is 16.5. The summed E-state index contributed by atoms with van der Waals surface area (Å²) >= 11 is 0. The van der Waals surface area contributed by atoms with Crippen LogP contribution in [0.2, 0.25) is 0 Å². The average molecular weight is 412 g/mol. The van der Waals surface area contributed by atoms with E-state index in [9.17, 15) is 9.59 Å². The zero-order valence-corrected chi connectivity index (χ0v) is 17.5. The summed E-state index contributed by atoms with van der Waals surface area (Å²) < 4.78 is 5.48. The second-order valence-electron chi connectivity index (χ2n) is 8.11. The van der Waals surface area contributed by atoms with Gasteiger partial charge in [-0.1, -0.05) is 29.4 Å². The molecule has 0 aliphatic carbocycles. The third-order valence-corrected chi connectivity index (χ3v) is 6.01. The third-order valence-electron chi connectivity index (χ3n) is 6.01. The van der Waals surface area contributed by atoms with Gasteiger partial charge >= 0.3 is 6.01 Å². The number of nitrogens with one attached hydrogen (secondary N) is 1. The van der Waals surface area contributed by atoms with Gasteiger partial charge in [0.05, 0.1) is 0 Å². The Bertz CT molecular complexity index is 888. The molecule has 2 saturated heterocycles. The number of amides is 2. The molecule has 8 nitrogen and oxygen atoms in total. The Morgan fingerprint density at radius 2 is 2.03 bits per heavy atom. The Balaban J connectivity index is 1.21. The Kier molecular flexibility index (Phi) is 6.30. The number of piperidine rings is 1. The van der Waals surface area contributed by atoms with Crippen LogP contribution >= 0.6 is 0 Å². The van der Waals surface area contributed by atoms with Gasteiger partial charge in [0.1, 0.15) is 0 Å². The molecule has 30 heavy (non-hydrogen) atoms. The molecule has 160 valence electrons. The number of benzene rings is 1. The highest BCUT2D eigenvalue weighted by Crippen LogP contribution is 2.26. The molecule has 2 aromatic rings. The second kappa shape index (κ2) is 9.28. The molecule has 3 heterocycles. The SMILES string of the molecule is Cc1ccccc1-c1noc(N2CCC(C(=O)NCCCN3CCCC3=O)CC2)n1. The van der Waals surface area contributed by atoms with Crippen molar-refractivity contribution >= 4 is 17.8 Å². The molecule has 0 saturated carbocycles. The van der Waals surface area contributed by atoms with Crippen LogP contribution in [-0.2, 0) is 9.59 Å². The molecule has 0 unspecified atom stereocenters. The minimum atomic E-state index is 0.00780. The van der Waals surface area contributed by atoms with Gasteiger partial charge in [-0.2, -0.15) is 4.98 Å². The highest BCUT2D eigenvalue weighted by molar-refractivity contribution is 5.79. The minimum absolute atomic E-state index is 0.00780. The van der Waals surface area contributed by atoms with Gasteiger partial charge in [0, 0.05) is 50.6 Å². The molecule has 2 aliphatic heterocycles. The molecule has 2 amide bonds. The quantitative estimate of drug-likeness (QED) is 0.704. The van der Waals surface area contributed by atoms with Crippen LogP contribution in [0.1, 0.15) is 37.7 Å². The second-order valence-corrected chi connectivity index (χ2v) is 8.11. The number of carbonyl (C=O) groups excluding carboxylic acids is 2. The molecule has 0 bridgehead atoms. The number of anilines is 1. The number of aryl methyl sites for hydroxylation is 1. The summed E-state index contributed by atoms with van der Waals surface area (Å²) in [5.74, 6) is 0.946. The van der Waals surface area contributed by atoms with E-state index in [1.165, 1.54) is 0 Å². The Morgan fingerprint density at radius 3 is 2.77 bits per heavy atom. The lowest BCUT2D eigenvalue weighted by atomic mass is 9.96. The first kappa shape index (κ1) is 20.4. The summed E-state index contributed by atoms with van der Waals surface area (Å²) in [5.41, 5.74) is 2.08. The first-order valence-corrected chi connectivity index (χ1v) is 10.8. The average Bonchev–Trinajstić information content (AvgIpc) is 3.41. The molecule has 0 radical (unpaired) electrons. The summed E-state index contributed by atoms with van der Waals surface area (Å²) in [4.78, 5) is 32.6. The summed E-state index contributed by atoms with van der Waals surface area (Å²) in [6.07, 6.45) is 3.95. The van der Waals surface area contributed by atoms with Crippen LogP contribution in [0.15, 0.2) is 28.8 Å². The van der Waals surface area contributed by atoms with E-state index in [0.29, 0.717) is 24.8 Å². The number of carbonyl (C=O) groups is 2. The van der Waals surface area contributed by atoms with Gasteiger partial charge in [-0.15, -0.1) is 0 Å². The number of nitrogens with zero attached hydrogens (tertiary/aromatic N) is 4. The number of hydrogen-bond acceptors (Lipinski definition) is 6. The molecule has 0 atom stereocenters. The maximum Gasteiger partial charge on any atom is 0.324 e. The molecule has 2 fully saturated rings. The van der Waals surface area contributed by atoms with Crippen molar-refractivity contribution in [1.29, 1.82) is 0 Å². The van der Waals surface area contributed by atoms with Crippen molar-refractivity contribution < 1.29 is 14.1 Å². The van der Waals surface area contributed by atoms with E-state index in [1.807, 2.05) is 36.1 Å². The molecule has 1 aromatic carbocycles. The van der Waals surface area contributed by atoms with Crippen LogP contribution in [0.25, 0.3) is 11.4 Å². The van der Waals surface area contributed by atoms with Crippen LogP contribution in [0.3, 0.4) is 0 Å². The molecule has 4 rings (SSSR count). The molecule has 0 spiro atoms. The van der Waals surface area contributed by atoms with E-state index in [0.717, 1.165) is 63.0 Å². The maximum absolute atomic E-state index is 12.5. The third kappa shape index (κ3) is 4.63. The number of likely N-dealkylation sites (tertiary alicyclic amines) is 1. The summed E-state index contributed by atoms with van der Waals surface area (Å²) in [6, 6.07) is 8.48. The predicted molar refractivity (Wildman–Crippen MR) is 113 cm³/mol. The van der Waals surface area contributed by atoms with Crippen LogP contribution in [0, 0.1) is 12.8 Å². The van der Waals surface area contributed by atoms with Crippen LogP contribution in [-0.4, -0.2) is 59.6 Å². The van der Waals surface area contributed by atoms with Crippen molar-refractivity contribution in [1.82, 2.24) is 20.4 Å². The first-order valence-electron chi connectivity index (χ1n) is 10.8. The minimum Gasteiger partial charge on any atom is -0.356 e. The van der Waals surface area contributed by atoms with E-state index in [2.05, 4.69) is 20.4 Å². The van der Waals surface area contributed by atoms with Gasteiger partial charge in [0.15, 0.2) is 0 Å².